The highest BCUT2D eigenvalue weighted by atomic mass is 16.5. The number of hydrogen-bond donors (Lipinski definition) is 3. The molecule has 104 valence electrons. The van der Waals surface area contributed by atoms with E-state index >= 15 is 0 Å². The average Bonchev–Trinajstić information content (AvgIpc) is 2.26. The Morgan fingerprint density at radius 2 is 2.11 bits per heavy atom. The third-order valence-corrected chi connectivity index (χ3v) is 2.13. The topological polar surface area (TPSA) is 87.7 Å². The van der Waals surface area contributed by atoms with Crippen LogP contribution >= 0.6 is 0 Å². The van der Waals surface area contributed by atoms with Gasteiger partial charge in [0.05, 0.1) is 19.6 Å². The molecule has 1 unspecified atom stereocenters. The van der Waals surface area contributed by atoms with E-state index in [4.69, 9.17) is 9.84 Å². The minimum absolute atomic E-state index is 0.0733. The van der Waals surface area contributed by atoms with Gasteiger partial charge in [0.25, 0.3) is 0 Å². The van der Waals surface area contributed by atoms with Crippen molar-refractivity contribution in [3.8, 4) is 0 Å². The van der Waals surface area contributed by atoms with E-state index in [1.165, 1.54) is 0 Å². The summed E-state index contributed by atoms with van der Waals surface area (Å²) in [6.45, 7) is 8.62. The Bertz CT molecular complexity index is 292. The summed E-state index contributed by atoms with van der Waals surface area (Å²) in [4.78, 5) is 21.9. The summed E-state index contributed by atoms with van der Waals surface area (Å²) < 4.78 is 5.21. The number of rotatable bonds is 9. The molecule has 18 heavy (non-hydrogen) atoms. The molecule has 0 aliphatic rings. The SMILES string of the molecule is C=C(C)COCCNC(=O)NC(CC)CC(=O)O. The average molecular weight is 258 g/mol. The predicted molar refractivity (Wildman–Crippen MR) is 68.5 cm³/mol. The number of ether oxygens (including phenoxy) is 1. The van der Waals surface area contributed by atoms with Gasteiger partial charge in [0.1, 0.15) is 0 Å². The highest BCUT2D eigenvalue weighted by molar-refractivity contribution is 5.75. The third-order valence-electron chi connectivity index (χ3n) is 2.13. The van der Waals surface area contributed by atoms with Gasteiger partial charge in [-0.15, -0.1) is 0 Å². The Morgan fingerprint density at radius 1 is 1.44 bits per heavy atom. The number of carboxylic acid groups (broad SMARTS) is 1. The van der Waals surface area contributed by atoms with Gasteiger partial charge in [0, 0.05) is 12.6 Å². The van der Waals surface area contributed by atoms with Gasteiger partial charge in [-0.05, 0) is 13.3 Å². The summed E-state index contributed by atoms with van der Waals surface area (Å²) in [5.74, 6) is -0.924. The normalized spacial score (nSPS) is 11.7. The first-order valence-corrected chi connectivity index (χ1v) is 5.94. The molecule has 0 aromatic rings. The van der Waals surface area contributed by atoms with Crippen molar-refractivity contribution >= 4 is 12.0 Å². The highest BCUT2D eigenvalue weighted by Gasteiger charge is 2.13. The maximum Gasteiger partial charge on any atom is 0.315 e. The quantitative estimate of drug-likeness (QED) is 0.427. The second-order valence-electron chi connectivity index (χ2n) is 4.11. The zero-order chi connectivity index (χ0) is 14.0. The van der Waals surface area contributed by atoms with Crippen LogP contribution in [0.5, 0.6) is 0 Å². The molecule has 0 aliphatic carbocycles. The van der Waals surface area contributed by atoms with Gasteiger partial charge in [-0.3, -0.25) is 4.79 Å². The lowest BCUT2D eigenvalue weighted by molar-refractivity contribution is -0.137. The molecule has 0 rings (SSSR count). The lowest BCUT2D eigenvalue weighted by atomic mass is 10.1. The number of nitrogens with one attached hydrogen (secondary N) is 2. The maximum absolute atomic E-state index is 11.4. The zero-order valence-corrected chi connectivity index (χ0v) is 11.0. The first kappa shape index (κ1) is 16.4. The molecule has 0 aliphatic heterocycles. The largest absolute Gasteiger partial charge is 0.481 e. The molecule has 0 saturated heterocycles. The summed E-state index contributed by atoms with van der Waals surface area (Å²) in [6, 6.07) is -0.721. The molecule has 0 heterocycles. The summed E-state index contributed by atoms with van der Waals surface area (Å²) in [5, 5.41) is 13.8. The second kappa shape index (κ2) is 9.47. The van der Waals surface area contributed by atoms with Gasteiger partial charge in [0.15, 0.2) is 0 Å². The maximum atomic E-state index is 11.4. The molecule has 0 aromatic heterocycles. The Kier molecular flexibility index (Phi) is 8.65. The number of carboxylic acids is 1. The van der Waals surface area contributed by atoms with E-state index < -0.39 is 5.97 Å². The van der Waals surface area contributed by atoms with Crippen molar-refractivity contribution in [1.82, 2.24) is 10.6 Å². The molecular formula is C12H22N2O4. The number of carbonyl (C=O) groups excluding carboxylic acids is 1. The van der Waals surface area contributed by atoms with E-state index in [0.717, 1.165) is 5.57 Å². The van der Waals surface area contributed by atoms with Crippen molar-refractivity contribution in [3.63, 3.8) is 0 Å². The van der Waals surface area contributed by atoms with Crippen molar-refractivity contribution in [3.05, 3.63) is 12.2 Å². The van der Waals surface area contributed by atoms with Crippen molar-refractivity contribution in [2.75, 3.05) is 19.8 Å². The molecule has 3 N–H and O–H groups in total. The van der Waals surface area contributed by atoms with Crippen LogP contribution in [-0.4, -0.2) is 42.9 Å². The Balaban J connectivity index is 3.68. The second-order valence-corrected chi connectivity index (χ2v) is 4.11. The lowest BCUT2D eigenvalue weighted by Gasteiger charge is -2.15. The van der Waals surface area contributed by atoms with Crippen molar-refractivity contribution in [2.24, 2.45) is 0 Å². The van der Waals surface area contributed by atoms with E-state index in [0.29, 0.717) is 26.2 Å². The van der Waals surface area contributed by atoms with Crippen LogP contribution < -0.4 is 10.6 Å². The van der Waals surface area contributed by atoms with E-state index in [-0.39, 0.29) is 18.5 Å². The van der Waals surface area contributed by atoms with E-state index in [1.807, 2.05) is 13.8 Å². The fourth-order valence-corrected chi connectivity index (χ4v) is 1.23. The molecule has 0 bridgehead atoms. The molecule has 1 atom stereocenters. The number of aliphatic carboxylic acids is 1. The van der Waals surface area contributed by atoms with Gasteiger partial charge in [-0.2, -0.15) is 0 Å². The van der Waals surface area contributed by atoms with Crippen LogP contribution in [0.2, 0.25) is 0 Å². The van der Waals surface area contributed by atoms with E-state index in [1.54, 1.807) is 0 Å². The van der Waals surface area contributed by atoms with Crippen LogP contribution in [-0.2, 0) is 9.53 Å². The molecule has 2 amide bonds. The zero-order valence-electron chi connectivity index (χ0n) is 11.0. The third kappa shape index (κ3) is 9.65. The molecular weight excluding hydrogens is 236 g/mol. The summed E-state index contributed by atoms with van der Waals surface area (Å²) in [5.41, 5.74) is 0.923. The Morgan fingerprint density at radius 3 is 2.61 bits per heavy atom. The van der Waals surface area contributed by atoms with Crippen LogP contribution in [0.1, 0.15) is 26.7 Å². The molecule has 0 radical (unpaired) electrons. The monoisotopic (exact) mass is 258 g/mol. The van der Waals surface area contributed by atoms with Gasteiger partial charge in [0.2, 0.25) is 0 Å². The van der Waals surface area contributed by atoms with Crippen LogP contribution in [0.25, 0.3) is 0 Å². The molecule has 6 nitrogen and oxygen atoms in total. The summed E-state index contributed by atoms with van der Waals surface area (Å²) >= 11 is 0. The van der Waals surface area contributed by atoms with E-state index in [2.05, 4.69) is 17.2 Å². The van der Waals surface area contributed by atoms with E-state index in [9.17, 15) is 9.59 Å². The molecule has 0 spiro atoms. The summed E-state index contributed by atoms with van der Waals surface area (Å²) in [7, 11) is 0. The Hall–Kier alpha value is -1.56. The van der Waals surface area contributed by atoms with Gasteiger partial charge < -0.3 is 20.5 Å². The Labute approximate surface area is 107 Å². The fraction of sp³-hybridized carbons (Fsp3) is 0.667. The molecule has 6 heteroatoms. The minimum atomic E-state index is -0.924. The van der Waals surface area contributed by atoms with Crippen LogP contribution in [0.4, 0.5) is 4.79 Å². The summed E-state index contributed by atoms with van der Waals surface area (Å²) in [6.07, 6.45) is 0.502. The van der Waals surface area contributed by atoms with Gasteiger partial charge in [-0.1, -0.05) is 19.1 Å². The number of carbonyl (C=O) groups is 2. The first-order valence-electron chi connectivity index (χ1n) is 5.94. The predicted octanol–water partition coefficient (Wildman–Crippen LogP) is 1.13. The van der Waals surface area contributed by atoms with Crippen LogP contribution in [0.15, 0.2) is 12.2 Å². The van der Waals surface area contributed by atoms with Crippen molar-refractivity contribution in [1.29, 1.82) is 0 Å². The molecule has 0 saturated carbocycles. The first-order chi connectivity index (χ1) is 8.45. The van der Waals surface area contributed by atoms with Gasteiger partial charge >= 0.3 is 12.0 Å². The van der Waals surface area contributed by atoms with Crippen LogP contribution in [0, 0.1) is 0 Å². The lowest BCUT2D eigenvalue weighted by Crippen LogP contribution is -2.43. The smallest absolute Gasteiger partial charge is 0.315 e. The highest BCUT2D eigenvalue weighted by Crippen LogP contribution is 1.96. The van der Waals surface area contributed by atoms with Crippen molar-refractivity contribution < 1.29 is 19.4 Å². The number of amides is 2. The minimum Gasteiger partial charge on any atom is -0.481 e. The van der Waals surface area contributed by atoms with Crippen LogP contribution in [0.3, 0.4) is 0 Å². The molecule has 0 fully saturated rings. The van der Waals surface area contributed by atoms with Gasteiger partial charge in [-0.25, -0.2) is 4.79 Å². The van der Waals surface area contributed by atoms with Crippen molar-refractivity contribution in [2.45, 2.75) is 32.7 Å². The number of hydrogen-bond acceptors (Lipinski definition) is 3. The fourth-order valence-electron chi connectivity index (χ4n) is 1.23. The number of urea groups is 1. The standard InChI is InChI=1S/C12H22N2O4/c1-4-10(7-11(15)16)14-12(17)13-5-6-18-8-9(2)3/h10H,2,4-8H2,1,3H3,(H,15,16)(H2,13,14,17). The molecule has 0 aromatic carbocycles.